The lowest BCUT2D eigenvalue weighted by atomic mass is 9.74. The molecule has 5 heteroatoms. The Bertz CT molecular complexity index is 473. The van der Waals surface area contributed by atoms with E-state index in [0.717, 1.165) is 17.6 Å². The molecule has 1 aliphatic carbocycles. The molecule has 0 aliphatic heterocycles. The quantitative estimate of drug-likeness (QED) is 0.440. The third-order valence-corrected chi connectivity index (χ3v) is 4.82. The van der Waals surface area contributed by atoms with Crippen LogP contribution < -0.4 is 0 Å². The first kappa shape index (κ1) is 17.9. The number of esters is 1. The van der Waals surface area contributed by atoms with Crippen LogP contribution in [0.15, 0.2) is 11.1 Å². The molecule has 1 aliphatic rings. The number of nitriles is 1. The van der Waals surface area contributed by atoms with Gasteiger partial charge in [0, 0.05) is 0 Å². The van der Waals surface area contributed by atoms with Gasteiger partial charge in [0.25, 0.3) is 0 Å². The molecule has 0 fully saturated rings. The van der Waals surface area contributed by atoms with Gasteiger partial charge in [0.2, 0.25) is 0 Å². The Morgan fingerprint density at radius 1 is 1.43 bits per heavy atom. The minimum Gasteiger partial charge on any atom is -0.466 e. The highest BCUT2D eigenvalue weighted by atomic mass is 28.4. The highest BCUT2D eigenvalue weighted by Gasteiger charge is 2.45. The fourth-order valence-corrected chi connectivity index (χ4v) is 4.44. The largest absolute Gasteiger partial charge is 0.466 e. The van der Waals surface area contributed by atoms with Gasteiger partial charge in [-0.2, -0.15) is 5.26 Å². The molecule has 0 heterocycles. The normalized spacial score (nSPS) is 26.4. The van der Waals surface area contributed by atoms with Gasteiger partial charge in [-0.05, 0) is 58.3 Å². The first-order valence-electron chi connectivity index (χ1n) is 7.69. The molecule has 2 unspecified atom stereocenters. The van der Waals surface area contributed by atoms with E-state index in [-0.39, 0.29) is 11.9 Å². The van der Waals surface area contributed by atoms with Gasteiger partial charge in [-0.3, -0.25) is 4.79 Å². The van der Waals surface area contributed by atoms with Crippen molar-refractivity contribution in [3.63, 3.8) is 0 Å². The van der Waals surface area contributed by atoms with E-state index in [1.165, 1.54) is 0 Å². The minimum absolute atomic E-state index is 0.180. The molecular formula is C16H27NO3Si. The van der Waals surface area contributed by atoms with E-state index in [9.17, 15) is 10.1 Å². The van der Waals surface area contributed by atoms with E-state index in [1.54, 1.807) is 0 Å². The number of carbonyl (C=O) groups is 1. The fourth-order valence-electron chi connectivity index (χ4n) is 3.13. The van der Waals surface area contributed by atoms with Crippen LogP contribution in [-0.4, -0.2) is 26.5 Å². The average molecular weight is 309 g/mol. The van der Waals surface area contributed by atoms with E-state index in [4.69, 9.17) is 9.16 Å². The van der Waals surface area contributed by atoms with Gasteiger partial charge in [-0.15, -0.1) is 0 Å². The lowest BCUT2D eigenvalue weighted by Gasteiger charge is -2.41. The van der Waals surface area contributed by atoms with Crippen LogP contribution in [0.5, 0.6) is 0 Å². The molecule has 2 atom stereocenters. The standard InChI is InChI=1S/C16H27NO3Si/c1-7-14-12(3)13(15(18)19-8-2)9-10-16(14,11-17)20-21(4,5)6/h13H,7-10H2,1-6H3. The van der Waals surface area contributed by atoms with E-state index in [2.05, 4.69) is 25.7 Å². The van der Waals surface area contributed by atoms with Crippen LogP contribution in [0.2, 0.25) is 19.6 Å². The number of carbonyl (C=O) groups excluding carboxylic acids is 1. The highest BCUT2D eigenvalue weighted by Crippen LogP contribution is 2.42. The molecule has 0 amide bonds. The van der Waals surface area contributed by atoms with E-state index < -0.39 is 13.9 Å². The SMILES string of the molecule is CCOC(=O)C1CCC(C#N)(O[Si](C)(C)C)C(CC)=C1C. The van der Waals surface area contributed by atoms with Crippen LogP contribution in [0.4, 0.5) is 0 Å². The summed E-state index contributed by atoms with van der Waals surface area (Å²) in [5, 5.41) is 9.75. The van der Waals surface area contributed by atoms with Crippen molar-refractivity contribution in [2.24, 2.45) is 5.92 Å². The van der Waals surface area contributed by atoms with Crippen LogP contribution in [0.3, 0.4) is 0 Å². The van der Waals surface area contributed by atoms with Crippen LogP contribution >= 0.6 is 0 Å². The molecule has 0 radical (unpaired) electrons. The predicted molar refractivity (Wildman–Crippen MR) is 85.1 cm³/mol. The van der Waals surface area contributed by atoms with Crippen molar-refractivity contribution in [3.8, 4) is 6.07 Å². The Kier molecular flexibility index (Phi) is 5.77. The van der Waals surface area contributed by atoms with Crippen molar-refractivity contribution in [1.29, 1.82) is 5.26 Å². The summed E-state index contributed by atoms with van der Waals surface area (Å²) in [6.07, 6.45) is 1.91. The summed E-state index contributed by atoms with van der Waals surface area (Å²) < 4.78 is 11.4. The summed E-state index contributed by atoms with van der Waals surface area (Å²) in [5.74, 6) is -0.410. The highest BCUT2D eigenvalue weighted by molar-refractivity contribution is 6.69. The van der Waals surface area contributed by atoms with E-state index >= 15 is 0 Å². The first-order valence-corrected chi connectivity index (χ1v) is 11.1. The number of hydrogen-bond donors (Lipinski definition) is 0. The van der Waals surface area contributed by atoms with Gasteiger partial charge in [-0.25, -0.2) is 0 Å². The number of hydrogen-bond acceptors (Lipinski definition) is 4. The van der Waals surface area contributed by atoms with Crippen molar-refractivity contribution < 1.29 is 14.0 Å². The molecule has 0 saturated heterocycles. The summed E-state index contributed by atoms with van der Waals surface area (Å²) in [5.41, 5.74) is 1.07. The van der Waals surface area contributed by atoms with Crippen molar-refractivity contribution >= 4 is 14.3 Å². The molecule has 0 aromatic rings. The van der Waals surface area contributed by atoms with Crippen LogP contribution in [0.25, 0.3) is 0 Å². The Hall–Kier alpha value is -1.12. The maximum Gasteiger partial charge on any atom is 0.313 e. The maximum absolute atomic E-state index is 12.1. The molecule has 0 aromatic carbocycles. The summed E-state index contributed by atoms with van der Waals surface area (Å²) in [7, 11) is -1.86. The zero-order valence-electron chi connectivity index (χ0n) is 14.1. The van der Waals surface area contributed by atoms with E-state index in [1.807, 2.05) is 20.8 Å². The van der Waals surface area contributed by atoms with Crippen molar-refractivity contribution in [3.05, 3.63) is 11.1 Å². The first-order chi connectivity index (χ1) is 9.70. The molecule has 0 bridgehead atoms. The Morgan fingerprint density at radius 2 is 2.05 bits per heavy atom. The van der Waals surface area contributed by atoms with Gasteiger partial charge < -0.3 is 9.16 Å². The van der Waals surface area contributed by atoms with Crippen LogP contribution in [0.1, 0.15) is 40.0 Å². The molecule has 118 valence electrons. The smallest absolute Gasteiger partial charge is 0.313 e. The summed E-state index contributed by atoms with van der Waals surface area (Å²) in [4.78, 5) is 12.1. The average Bonchev–Trinajstić information content (AvgIpc) is 2.37. The van der Waals surface area contributed by atoms with Gasteiger partial charge in [0.05, 0.1) is 12.5 Å². The summed E-state index contributed by atoms with van der Waals surface area (Å²) in [6, 6.07) is 2.40. The zero-order valence-corrected chi connectivity index (χ0v) is 15.1. The second kappa shape index (κ2) is 6.76. The number of ether oxygens (including phenoxy) is 1. The Labute approximate surface area is 129 Å². The Morgan fingerprint density at radius 3 is 2.48 bits per heavy atom. The number of rotatable bonds is 5. The molecule has 1 rings (SSSR count). The molecular weight excluding hydrogens is 282 g/mol. The fraction of sp³-hybridized carbons (Fsp3) is 0.750. The molecule has 0 saturated carbocycles. The topological polar surface area (TPSA) is 59.3 Å². The molecule has 0 spiro atoms. The number of nitrogens with zero attached hydrogens (tertiary/aromatic N) is 1. The molecule has 4 nitrogen and oxygen atoms in total. The second-order valence-electron chi connectivity index (χ2n) is 6.51. The van der Waals surface area contributed by atoms with Crippen LogP contribution in [-0.2, 0) is 14.0 Å². The third-order valence-electron chi connectivity index (χ3n) is 3.86. The Balaban J connectivity index is 3.22. The monoisotopic (exact) mass is 309 g/mol. The molecule has 0 aromatic heterocycles. The predicted octanol–water partition coefficient (Wildman–Crippen LogP) is 3.80. The van der Waals surface area contributed by atoms with Crippen molar-refractivity contribution in [1.82, 2.24) is 0 Å². The second-order valence-corrected chi connectivity index (χ2v) is 10.9. The molecule has 0 N–H and O–H groups in total. The minimum atomic E-state index is -1.86. The molecule has 21 heavy (non-hydrogen) atoms. The van der Waals surface area contributed by atoms with Crippen LogP contribution in [0, 0.1) is 17.2 Å². The zero-order chi connectivity index (χ0) is 16.3. The third kappa shape index (κ3) is 3.95. The van der Waals surface area contributed by atoms with Crippen molar-refractivity contribution in [2.75, 3.05) is 6.61 Å². The van der Waals surface area contributed by atoms with E-state index in [0.29, 0.717) is 19.4 Å². The van der Waals surface area contributed by atoms with Gasteiger partial charge >= 0.3 is 5.97 Å². The van der Waals surface area contributed by atoms with Gasteiger partial charge in [0.15, 0.2) is 13.9 Å². The lowest BCUT2D eigenvalue weighted by Crippen LogP contribution is -2.46. The maximum atomic E-state index is 12.1. The van der Waals surface area contributed by atoms with Gasteiger partial charge in [0.1, 0.15) is 6.07 Å². The van der Waals surface area contributed by atoms with Crippen molar-refractivity contribution in [2.45, 2.75) is 65.3 Å². The van der Waals surface area contributed by atoms with Gasteiger partial charge in [-0.1, -0.05) is 12.5 Å². The lowest BCUT2D eigenvalue weighted by molar-refractivity contribution is -0.147. The summed E-state index contributed by atoms with van der Waals surface area (Å²) in [6.45, 7) is 12.4. The summed E-state index contributed by atoms with van der Waals surface area (Å²) >= 11 is 0.